The Labute approximate surface area is 150 Å². The van der Waals surface area contributed by atoms with Crippen LogP contribution in [0, 0.1) is 28.6 Å². The molecule has 0 amide bonds. The van der Waals surface area contributed by atoms with E-state index in [1.807, 2.05) is 6.92 Å². The molecule has 7 atom stereocenters. The van der Waals surface area contributed by atoms with Crippen LogP contribution in [-0.2, 0) is 0 Å². The van der Waals surface area contributed by atoms with Crippen LogP contribution in [0.15, 0.2) is 23.3 Å². The summed E-state index contributed by atoms with van der Waals surface area (Å²) in [5.74, 6) is -0.793. The molecule has 3 saturated carbocycles. The fourth-order valence-corrected chi connectivity index (χ4v) is 6.86. The van der Waals surface area contributed by atoms with E-state index in [0.717, 1.165) is 31.3 Å². The second-order valence-corrected chi connectivity index (χ2v) is 9.63. The highest BCUT2D eigenvalue weighted by atomic mass is 16.5. The molecule has 4 heteroatoms. The molecule has 4 nitrogen and oxygen atoms in total. The SMILES string of the molecule is C[C@H](O)[C@H]1CC[C@H]2C3=CC=C4CC(O)(O)C(O)C[C@]4(C)[C@H]3CC[C@]12C. The fourth-order valence-electron chi connectivity index (χ4n) is 6.86. The zero-order chi connectivity index (χ0) is 18.2. The summed E-state index contributed by atoms with van der Waals surface area (Å²) >= 11 is 0. The molecule has 4 N–H and O–H groups in total. The number of hydrogen-bond acceptors (Lipinski definition) is 4. The van der Waals surface area contributed by atoms with Crippen molar-refractivity contribution >= 4 is 0 Å². The molecule has 0 radical (unpaired) electrons. The Morgan fingerprint density at radius 2 is 1.80 bits per heavy atom. The average Bonchev–Trinajstić information content (AvgIpc) is 2.86. The first-order chi connectivity index (χ1) is 11.6. The van der Waals surface area contributed by atoms with Crippen LogP contribution in [0.4, 0.5) is 0 Å². The Bertz CT molecular complexity index is 634. The summed E-state index contributed by atoms with van der Waals surface area (Å²) in [6, 6.07) is 0. The molecular weight excluding hydrogens is 316 g/mol. The van der Waals surface area contributed by atoms with Gasteiger partial charge in [-0.3, -0.25) is 0 Å². The molecule has 140 valence electrons. The lowest BCUT2D eigenvalue weighted by molar-refractivity contribution is -0.245. The molecule has 0 spiro atoms. The van der Waals surface area contributed by atoms with Crippen LogP contribution in [0.3, 0.4) is 0 Å². The standard InChI is InChI=1S/C21H32O4/c1-12(22)15-6-7-16-14-5-4-13-10-21(24,25)18(23)11-20(13,3)17(14)8-9-19(15,16)2/h4-5,12,15-18,22-25H,6-11H2,1-3H3/t12-,15+,16-,17-,18?,19+,20-/m0/s1. The quantitative estimate of drug-likeness (QED) is 0.549. The molecule has 0 aliphatic heterocycles. The number of allylic oxidation sites excluding steroid dienone is 3. The van der Waals surface area contributed by atoms with Crippen molar-refractivity contribution < 1.29 is 20.4 Å². The number of aliphatic hydroxyl groups excluding tert-OH is 2. The van der Waals surface area contributed by atoms with Gasteiger partial charge in [0.2, 0.25) is 0 Å². The molecule has 0 bridgehead atoms. The lowest BCUT2D eigenvalue weighted by Crippen LogP contribution is -2.55. The molecule has 4 aliphatic rings. The van der Waals surface area contributed by atoms with Gasteiger partial charge in [-0.1, -0.05) is 37.1 Å². The maximum absolute atomic E-state index is 10.3. The van der Waals surface area contributed by atoms with Crippen LogP contribution in [0.2, 0.25) is 0 Å². The van der Waals surface area contributed by atoms with Crippen LogP contribution in [-0.4, -0.2) is 38.4 Å². The molecule has 4 rings (SSSR count). The van der Waals surface area contributed by atoms with E-state index in [4.69, 9.17) is 0 Å². The minimum atomic E-state index is -2.01. The highest BCUT2D eigenvalue weighted by molar-refractivity contribution is 5.39. The van der Waals surface area contributed by atoms with Crippen molar-refractivity contribution in [2.75, 3.05) is 0 Å². The third kappa shape index (κ3) is 2.34. The summed E-state index contributed by atoms with van der Waals surface area (Å²) in [6.07, 6.45) is 7.82. The first-order valence-electron chi connectivity index (χ1n) is 9.81. The Morgan fingerprint density at radius 1 is 1.08 bits per heavy atom. The van der Waals surface area contributed by atoms with Gasteiger partial charge in [0, 0.05) is 6.42 Å². The van der Waals surface area contributed by atoms with Crippen molar-refractivity contribution in [2.45, 2.75) is 77.3 Å². The topological polar surface area (TPSA) is 80.9 Å². The Morgan fingerprint density at radius 3 is 2.48 bits per heavy atom. The Hall–Kier alpha value is -0.680. The van der Waals surface area contributed by atoms with Gasteiger partial charge >= 0.3 is 0 Å². The van der Waals surface area contributed by atoms with E-state index in [9.17, 15) is 20.4 Å². The van der Waals surface area contributed by atoms with Gasteiger partial charge in [0.15, 0.2) is 5.79 Å². The van der Waals surface area contributed by atoms with Crippen molar-refractivity contribution in [1.82, 2.24) is 0 Å². The molecule has 3 fully saturated rings. The number of hydrogen-bond donors (Lipinski definition) is 4. The molecule has 0 aromatic carbocycles. The maximum atomic E-state index is 10.3. The Balaban J connectivity index is 1.72. The lowest BCUT2D eigenvalue weighted by atomic mass is 9.50. The van der Waals surface area contributed by atoms with E-state index in [2.05, 4.69) is 26.0 Å². The first-order valence-corrected chi connectivity index (χ1v) is 9.81. The van der Waals surface area contributed by atoms with Crippen LogP contribution in [0.5, 0.6) is 0 Å². The van der Waals surface area contributed by atoms with Gasteiger partial charge < -0.3 is 20.4 Å². The van der Waals surface area contributed by atoms with Crippen molar-refractivity contribution in [3.63, 3.8) is 0 Å². The third-order valence-electron chi connectivity index (χ3n) is 8.35. The largest absolute Gasteiger partial charge is 0.393 e. The number of fused-ring (bicyclic) bond motifs is 5. The van der Waals surface area contributed by atoms with Gasteiger partial charge in [0.1, 0.15) is 6.10 Å². The summed E-state index contributed by atoms with van der Waals surface area (Å²) < 4.78 is 0. The van der Waals surface area contributed by atoms with Crippen LogP contribution in [0.1, 0.15) is 59.3 Å². The van der Waals surface area contributed by atoms with E-state index >= 15 is 0 Å². The summed E-state index contributed by atoms with van der Waals surface area (Å²) in [4.78, 5) is 0. The summed E-state index contributed by atoms with van der Waals surface area (Å²) in [5.41, 5.74) is 2.50. The van der Waals surface area contributed by atoms with Gasteiger partial charge in [0.25, 0.3) is 0 Å². The van der Waals surface area contributed by atoms with Crippen molar-refractivity contribution in [3.05, 3.63) is 23.3 Å². The van der Waals surface area contributed by atoms with Gasteiger partial charge in [-0.15, -0.1) is 0 Å². The minimum Gasteiger partial charge on any atom is -0.393 e. The second-order valence-electron chi connectivity index (χ2n) is 9.63. The predicted molar refractivity (Wildman–Crippen MR) is 95.4 cm³/mol. The van der Waals surface area contributed by atoms with E-state index in [1.165, 1.54) is 5.57 Å². The monoisotopic (exact) mass is 348 g/mol. The molecule has 0 aromatic rings. The predicted octanol–water partition coefficient (Wildman–Crippen LogP) is 2.52. The van der Waals surface area contributed by atoms with Crippen LogP contribution in [0.25, 0.3) is 0 Å². The Kier molecular flexibility index (Phi) is 3.84. The van der Waals surface area contributed by atoms with Gasteiger partial charge in [-0.2, -0.15) is 0 Å². The van der Waals surface area contributed by atoms with Crippen molar-refractivity contribution in [1.29, 1.82) is 0 Å². The molecular formula is C21H32O4. The highest BCUT2D eigenvalue weighted by Crippen LogP contribution is 2.65. The van der Waals surface area contributed by atoms with Crippen LogP contribution < -0.4 is 0 Å². The number of aliphatic hydroxyl groups is 4. The van der Waals surface area contributed by atoms with E-state index in [0.29, 0.717) is 24.2 Å². The maximum Gasteiger partial charge on any atom is 0.193 e. The van der Waals surface area contributed by atoms with Crippen molar-refractivity contribution in [3.8, 4) is 0 Å². The first kappa shape index (κ1) is 17.7. The van der Waals surface area contributed by atoms with Gasteiger partial charge in [-0.25, -0.2) is 0 Å². The molecule has 0 saturated heterocycles. The van der Waals surface area contributed by atoms with Crippen LogP contribution >= 0.6 is 0 Å². The summed E-state index contributed by atoms with van der Waals surface area (Å²) in [5, 5.41) is 40.8. The smallest absolute Gasteiger partial charge is 0.193 e. The molecule has 4 aliphatic carbocycles. The molecule has 1 unspecified atom stereocenters. The summed E-state index contributed by atoms with van der Waals surface area (Å²) in [6.45, 7) is 6.47. The summed E-state index contributed by atoms with van der Waals surface area (Å²) in [7, 11) is 0. The second kappa shape index (κ2) is 5.41. The molecule has 0 heterocycles. The highest BCUT2D eigenvalue weighted by Gasteiger charge is 2.59. The van der Waals surface area contributed by atoms with E-state index in [1.54, 1.807) is 0 Å². The van der Waals surface area contributed by atoms with Gasteiger partial charge in [-0.05, 0) is 67.6 Å². The normalized spacial score (nSPS) is 49.4. The zero-order valence-electron chi connectivity index (χ0n) is 15.6. The minimum absolute atomic E-state index is 0.128. The van der Waals surface area contributed by atoms with Gasteiger partial charge in [0.05, 0.1) is 6.10 Å². The third-order valence-corrected chi connectivity index (χ3v) is 8.35. The molecule has 0 aromatic heterocycles. The number of rotatable bonds is 1. The van der Waals surface area contributed by atoms with E-state index < -0.39 is 11.9 Å². The fraction of sp³-hybridized carbons (Fsp3) is 0.810. The molecule has 25 heavy (non-hydrogen) atoms. The zero-order valence-corrected chi connectivity index (χ0v) is 15.6. The van der Waals surface area contributed by atoms with Crippen molar-refractivity contribution in [2.24, 2.45) is 28.6 Å². The van der Waals surface area contributed by atoms with E-state index in [-0.39, 0.29) is 23.4 Å². The average molecular weight is 348 g/mol. The lowest BCUT2D eigenvalue weighted by Gasteiger charge is -2.56.